The zero-order chi connectivity index (χ0) is 18.9. The van der Waals surface area contributed by atoms with Crippen LogP contribution in [0.4, 0.5) is 4.79 Å². The molecule has 2 aromatic rings. The van der Waals surface area contributed by atoms with E-state index in [-0.39, 0.29) is 11.5 Å². The van der Waals surface area contributed by atoms with E-state index in [1.54, 1.807) is 0 Å². The molecule has 1 aromatic heterocycles. The van der Waals surface area contributed by atoms with E-state index in [0.29, 0.717) is 18.7 Å². The normalized spacial score (nSPS) is 21.3. The minimum atomic E-state index is -0.204. The Morgan fingerprint density at radius 3 is 2.63 bits per heavy atom. The number of nitrogens with zero attached hydrogens (tertiary/aromatic N) is 3. The highest BCUT2D eigenvalue weighted by Crippen LogP contribution is 2.48. The highest BCUT2D eigenvalue weighted by Gasteiger charge is 2.49. The van der Waals surface area contributed by atoms with Crippen LogP contribution in [0.25, 0.3) is 0 Å². The number of amides is 1. The molecule has 1 atom stereocenters. The molecule has 1 N–H and O–H groups in total. The zero-order valence-electron chi connectivity index (χ0n) is 16.1. The number of aromatic nitrogens is 2. The maximum Gasteiger partial charge on any atom is 0.410 e. The summed E-state index contributed by atoms with van der Waals surface area (Å²) in [5, 5.41) is 8.06. The molecule has 0 aliphatic carbocycles. The minimum Gasteiger partial charge on any atom is -0.445 e. The van der Waals surface area contributed by atoms with E-state index in [2.05, 4.69) is 30.5 Å². The van der Waals surface area contributed by atoms with Crippen LogP contribution >= 0.6 is 0 Å². The molecule has 2 aliphatic heterocycles. The van der Waals surface area contributed by atoms with Gasteiger partial charge in [-0.3, -0.25) is 4.68 Å². The lowest BCUT2D eigenvalue weighted by Gasteiger charge is -2.54. The molecule has 4 rings (SSSR count). The molecule has 2 saturated heterocycles. The van der Waals surface area contributed by atoms with Gasteiger partial charge in [-0.25, -0.2) is 4.79 Å². The summed E-state index contributed by atoms with van der Waals surface area (Å²) in [6.45, 7) is 7.13. The second-order valence-corrected chi connectivity index (χ2v) is 8.05. The van der Waals surface area contributed by atoms with Crippen molar-refractivity contribution in [3.63, 3.8) is 0 Å². The molecule has 0 bridgehead atoms. The molecule has 27 heavy (non-hydrogen) atoms. The van der Waals surface area contributed by atoms with Crippen LogP contribution in [-0.2, 0) is 11.3 Å². The summed E-state index contributed by atoms with van der Waals surface area (Å²) in [6.07, 6.45) is 5.93. The van der Waals surface area contributed by atoms with Crippen LogP contribution in [-0.4, -0.2) is 40.4 Å². The fraction of sp³-hybridized carbons (Fsp3) is 0.524. The Morgan fingerprint density at radius 1 is 1.30 bits per heavy atom. The molecule has 0 unspecified atom stereocenters. The van der Waals surface area contributed by atoms with Crippen LogP contribution in [0.5, 0.6) is 0 Å². The van der Waals surface area contributed by atoms with E-state index in [1.165, 1.54) is 5.56 Å². The Bertz CT molecular complexity index is 778. The van der Waals surface area contributed by atoms with Crippen LogP contribution in [0.1, 0.15) is 49.9 Å². The topological polar surface area (TPSA) is 59.4 Å². The van der Waals surface area contributed by atoms with Crippen molar-refractivity contribution in [2.75, 3.05) is 19.6 Å². The Kier molecular flexibility index (Phi) is 4.91. The predicted octanol–water partition coefficient (Wildman–Crippen LogP) is 3.53. The number of ether oxygens (including phenoxy) is 1. The van der Waals surface area contributed by atoms with Gasteiger partial charge in [0.2, 0.25) is 0 Å². The van der Waals surface area contributed by atoms with Crippen molar-refractivity contribution in [2.45, 2.75) is 45.4 Å². The number of carbonyl (C=O) groups excluding carboxylic acids is 1. The molecule has 2 aliphatic rings. The Labute approximate surface area is 160 Å². The summed E-state index contributed by atoms with van der Waals surface area (Å²) in [5.74, 6) is 0. The molecule has 144 valence electrons. The third-order valence-electron chi connectivity index (χ3n) is 5.98. The third-order valence-corrected chi connectivity index (χ3v) is 5.98. The van der Waals surface area contributed by atoms with Crippen LogP contribution in [0.3, 0.4) is 0 Å². The van der Waals surface area contributed by atoms with Crippen molar-refractivity contribution >= 4 is 6.09 Å². The number of carbonyl (C=O) groups is 1. The number of likely N-dealkylation sites (tertiary alicyclic amines) is 1. The number of piperidine rings is 1. The van der Waals surface area contributed by atoms with Crippen molar-refractivity contribution < 1.29 is 9.53 Å². The minimum absolute atomic E-state index is 0.204. The van der Waals surface area contributed by atoms with Gasteiger partial charge in [0, 0.05) is 48.9 Å². The molecular formula is C21H28N4O2. The summed E-state index contributed by atoms with van der Waals surface area (Å²) in [6, 6.07) is 10.5. The third kappa shape index (κ3) is 3.58. The highest BCUT2D eigenvalue weighted by molar-refractivity contribution is 5.67. The lowest BCUT2D eigenvalue weighted by atomic mass is 9.65. The average Bonchev–Trinajstić information content (AvgIpc) is 3.16. The predicted molar refractivity (Wildman–Crippen MR) is 103 cm³/mol. The number of nitrogens with one attached hydrogen (secondary N) is 1. The van der Waals surface area contributed by atoms with Crippen molar-refractivity contribution in [1.29, 1.82) is 0 Å². The number of hydrogen-bond donors (Lipinski definition) is 1. The molecule has 2 fully saturated rings. The van der Waals surface area contributed by atoms with Gasteiger partial charge >= 0.3 is 6.09 Å². The van der Waals surface area contributed by atoms with Crippen molar-refractivity contribution in [3.8, 4) is 0 Å². The fourth-order valence-corrected chi connectivity index (χ4v) is 4.16. The van der Waals surface area contributed by atoms with Gasteiger partial charge in [-0.1, -0.05) is 30.3 Å². The van der Waals surface area contributed by atoms with Gasteiger partial charge in [0.1, 0.15) is 6.61 Å². The lowest BCUT2D eigenvalue weighted by molar-refractivity contribution is 0.0000375. The molecule has 1 aromatic carbocycles. The van der Waals surface area contributed by atoms with E-state index in [4.69, 9.17) is 4.74 Å². The first-order valence-electron chi connectivity index (χ1n) is 9.80. The number of hydrogen-bond acceptors (Lipinski definition) is 4. The zero-order valence-corrected chi connectivity index (χ0v) is 16.1. The molecule has 1 amide bonds. The van der Waals surface area contributed by atoms with Gasteiger partial charge in [0.05, 0.1) is 6.20 Å². The van der Waals surface area contributed by atoms with Crippen molar-refractivity contribution in [1.82, 2.24) is 20.0 Å². The van der Waals surface area contributed by atoms with E-state index >= 15 is 0 Å². The SMILES string of the molecule is CC(C)n1cc([C@@H]2NCC23CCN(C(=O)OCc2ccccc2)CC3)cn1. The first-order chi connectivity index (χ1) is 13.1. The molecule has 6 heteroatoms. The second kappa shape index (κ2) is 7.35. The molecule has 3 heterocycles. The smallest absolute Gasteiger partial charge is 0.410 e. The average molecular weight is 368 g/mol. The van der Waals surface area contributed by atoms with E-state index in [1.807, 2.05) is 46.1 Å². The summed E-state index contributed by atoms with van der Waals surface area (Å²) < 4.78 is 7.50. The molecule has 0 saturated carbocycles. The summed E-state index contributed by atoms with van der Waals surface area (Å²) in [5.41, 5.74) is 2.51. The van der Waals surface area contributed by atoms with Crippen LogP contribution in [0, 0.1) is 5.41 Å². The Hall–Kier alpha value is -2.34. The molecule has 0 radical (unpaired) electrons. The van der Waals surface area contributed by atoms with Gasteiger partial charge in [0.25, 0.3) is 0 Å². The number of rotatable bonds is 4. The van der Waals surface area contributed by atoms with Crippen LogP contribution < -0.4 is 5.32 Å². The van der Waals surface area contributed by atoms with Gasteiger partial charge in [-0.2, -0.15) is 5.10 Å². The Morgan fingerprint density at radius 2 is 2.04 bits per heavy atom. The standard InChI is InChI=1S/C21H28N4O2/c1-16(2)25-13-18(12-23-25)19-21(15-22-19)8-10-24(11-9-21)20(26)27-14-17-6-4-3-5-7-17/h3-7,12-13,16,19,22H,8-11,14-15H2,1-2H3/t19-/m0/s1. The van der Waals surface area contributed by atoms with Gasteiger partial charge < -0.3 is 15.0 Å². The Balaban J connectivity index is 1.32. The maximum absolute atomic E-state index is 12.4. The maximum atomic E-state index is 12.4. The van der Waals surface area contributed by atoms with Crippen LogP contribution in [0.15, 0.2) is 42.7 Å². The monoisotopic (exact) mass is 368 g/mol. The number of benzene rings is 1. The summed E-state index contributed by atoms with van der Waals surface area (Å²) in [7, 11) is 0. The van der Waals surface area contributed by atoms with Crippen molar-refractivity contribution in [2.24, 2.45) is 5.41 Å². The summed E-state index contributed by atoms with van der Waals surface area (Å²) >= 11 is 0. The van der Waals surface area contributed by atoms with Gasteiger partial charge in [-0.15, -0.1) is 0 Å². The first kappa shape index (κ1) is 18.0. The molecule has 1 spiro atoms. The first-order valence-corrected chi connectivity index (χ1v) is 9.80. The molecule has 6 nitrogen and oxygen atoms in total. The van der Waals surface area contributed by atoms with Gasteiger partial charge in [-0.05, 0) is 32.3 Å². The van der Waals surface area contributed by atoms with Crippen molar-refractivity contribution in [3.05, 3.63) is 53.9 Å². The molecular weight excluding hydrogens is 340 g/mol. The highest BCUT2D eigenvalue weighted by atomic mass is 16.6. The van der Waals surface area contributed by atoms with Gasteiger partial charge in [0.15, 0.2) is 0 Å². The fourth-order valence-electron chi connectivity index (χ4n) is 4.16. The lowest BCUT2D eigenvalue weighted by Crippen LogP contribution is -2.60. The second-order valence-electron chi connectivity index (χ2n) is 8.05. The quantitative estimate of drug-likeness (QED) is 0.897. The van der Waals surface area contributed by atoms with Crippen LogP contribution in [0.2, 0.25) is 0 Å². The van der Waals surface area contributed by atoms with E-state index in [0.717, 1.165) is 38.0 Å². The van der Waals surface area contributed by atoms with E-state index in [9.17, 15) is 4.79 Å². The summed E-state index contributed by atoms with van der Waals surface area (Å²) in [4.78, 5) is 14.2. The van der Waals surface area contributed by atoms with E-state index < -0.39 is 0 Å². The largest absolute Gasteiger partial charge is 0.445 e.